The second kappa shape index (κ2) is 7.49. The molecule has 0 aliphatic rings. The first-order valence-corrected chi connectivity index (χ1v) is 8.30. The zero-order valence-electron chi connectivity index (χ0n) is 11.1. The summed E-state index contributed by atoms with van der Waals surface area (Å²) in [5.41, 5.74) is -0.178. The molecule has 1 amide bonds. The van der Waals surface area contributed by atoms with E-state index in [1.165, 1.54) is 12.1 Å². The molecule has 1 N–H and O–H groups in total. The van der Waals surface area contributed by atoms with Gasteiger partial charge in [0.15, 0.2) is 0 Å². The molecular weight excluding hydrogens is 419 g/mol. The molecule has 1 aromatic rings. The highest BCUT2D eigenvalue weighted by atomic mass is 79.9. The lowest BCUT2D eigenvalue weighted by Crippen LogP contribution is -2.51. The molecule has 0 saturated carbocycles. The van der Waals surface area contributed by atoms with Crippen LogP contribution in [0, 0.1) is 0 Å². The molecule has 0 unspecified atom stereocenters. The van der Waals surface area contributed by atoms with Crippen LogP contribution in [0.25, 0.3) is 0 Å². The van der Waals surface area contributed by atoms with E-state index >= 15 is 0 Å². The lowest BCUT2D eigenvalue weighted by atomic mass is 10.0. The largest absolute Gasteiger partial charge is 0.573 e. The van der Waals surface area contributed by atoms with Gasteiger partial charge >= 0.3 is 6.36 Å². The normalized spacial score (nSPS) is 12.1. The molecule has 0 heterocycles. The average molecular weight is 433 g/mol. The average Bonchev–Trinajstić information content (AvgIpc) is 2.44. The predicted molar refractivity (Wildman–Crippen MR) is 81.2 cm³/mol. The zero-order valence-corrected chi connectivity index (χ0v) is 14.3. The molecule has 1 rings (SSSR count). The van der Waals surface area contributed by atoms with E-state index < -0.39 is 11.9 Å². The van der Waals surface area contributed by atoms with E-state index in [9.17, 15) is 18.0 Å². The number of alkyl halides is 5. The number of halogens is 5. The topological polar surface area (TPSA) is 38.3 Å². The molecule has 0 aliphatic carbocycles. The van der Waals surface area contributed by atoms with Crippen LogP contribution in [0.15, 0.2) is 24.3 Å². The van der Waals surface area contributed by atoms with Crippen LogP contribution in [-0.4, -0.2) is 28.5 Å². The third kappa shape index (κ3) is 5.50. The summed E-state index contributed by atoms with van der Waals surface area (Å²) in [6.45, 7) is 1.93. The Bertz CT molecular complexity index is 465. The maximum Gasteiger partial charge on any atom is 0.573 e. The summed E-state index contributed by atoms with van der Waals surface area (Å²) in [6, 6.07) is 4.80. The van der Waals surface area contributed by atoms with Gasteiger partial charge in [-0.15, -0.1) is 13.2 Å². The first-order chi connectivity index (χ1) is 9.75. The van der Waals surface area contributed by atoms with E-state index in [2.05, 4.69) is 41.9 Å². The quantitative estimate of drug-likeness (QED) is 0.682. The van der Waals surface area contributed by atoms with Gasteiger partial charge in [-0.3, -0.25) is 4.79 Å². The molecule has 21 heavy (non-hydrogen) atoms. The van der Waals surface area contributed by atoms with Crippen LogP contribution in [0.3, 0.4) is 0 Å². The van der Waals surface area contributed by atoms with Gasteiger partial charge in [-0.1, -0.05) is 38.8 Å². The number of amides is 1. The molecule has 0 saturated heterocycles. The fraction of sp³-hybridized carbons (Fsp3) is 0.462. The van der Waals surface area contributed by atoms with Crippen molar-refractivity contribution in [2.45, 2.75) is 25.2 Å². The Labute approximate surface area is 137 Å². The molecule has 1 aromatic carbocycles. The van der Waals surface area contributed by atoms with Crippen LogP contribution in [-0.2, 0) is 0 Å². The van der Waals surface area contributed by atoms with Gasteiger partial charge in [0.2, 0.25) is 0 Å². The summed E-state index contributed by atoms with van der Waals surface area (Å²) < 4.78 is 39.9. The van der Waals surface area contributed by atoms with Gasteiger partial charge in [0.25, 0.3) is 5.91 Å². The van der Waals surface area contributed by atoms with Crippen LogP contribution in [0.4, 0.5) is 13.2 Å². The molecule has 0 spiro atoms. The minimum absolute atomic E-state index is 0.268. The smallest absolute Gasteiger partial charge is 0.406 e. The molecule has 0 fully saturated rings. The monoisotopic (exact) mass is 431 g/mol. The van der Waals surface area contributed by atoms with Crippen molar-refractivity contribution in [2.75, 3.05) is 10.7 Å². The van der Waals surface area contributed by atoms with Gasteiger partial charge in [0.1, 0.15) is 5.75 Å². The van der Waals surface area contributed by atoms with Gasteiger partial charge in [-0.25, -0.2) is 0 Å². The Kier molecular flexibility index (Phi) is 6.52. The van der Waals surface area contributed by atoms with E-state index in [0.717, 1.165) is 12.1 Å². The van der Waals surface area contributed by atoms with Crippen molar-refractivity contribution >= 4 is 37.8 Å². The van der Waals surface area contributed by atoms with Gasteiger partial charge in [-0.05, 0) is 30.7 Å². The minimum Gasteiger partial charge on any atom is -0.406 e. The van der Waals surface area contributed by atoms with Crippen molar-refractivity contribution in [3.05, 3.63) is 29.8 Å². The first kappa shape index (κ1) is 18.3. The van der Waals surface area contributed by atoms with Crippen molar-refractivity contribution in [3.63, 3.8) is 0 Å². The number of nitrogens with one attached hydrogen (secondary N) is 1. The molecule has 8 heteroatoms. The number of carbonyl (C=O) groups excluding carboxylic acids is 1. The number of carbonyl (C=O) groups is 1. The van der Waals surface area contributed by atoms with Gasteiger partial charge in [0.05, 0.1) is 5.54 Å². The summed E-state index contributed by atoms with van der Waals surface area (Å²) in [5, 5.41) is 3.98. The van der Waals surface area contributed by atoms with Crippen LogP contribution in [0.2, 0.25) is 0 Å². The highest BCUT2D eigenvalue weighted by Gasteiger charge is 2.31. The van der Waals surface area contributed by atoms with E-state index in [0.29, 0.717) is 17.1 Å². The molecule has 0 bridgehead atoms. The summed E-state index contributed by atoms with van der Waals surface area (Å²) in [6.07, 6.45) is -4.04. The highest BCUT2D eigenvalue weighted by Crippen LogP contribution is 2.23. The third-order valence-electron chi connectivity index (χ3n) is 2.92. The van der Waals surface area contributed by atoms with E-state index in [-0.39, 0.29) is 17.2 Å². The Morgan fingerprint density at radius 1 is 1.19 bits per heavy atom. The van der Waals surface area contributed by atoms with Gasteiger partial charge < -0.3 is 10.1 Å². The lowest BCUT2D eigenvalue weighted by molar-refractivity contribution is -0.274. The summed E-state index contributed by atoms with van der Waals surface area (Å²) in [4.78, 5) is 12.1. The summed E-state index contributed by atoms with van der Waals surface area (Å²) >= 11 is 6.70. The van der Waals surface area contributed by atoms with E-state index in [1.807, 2.05) is 6.92 Å². The maximum absolute atomic E-state index is 12.1. The van der Waals surface area contributed by atoms with Crippen molar-refractivity contribution in [2.24, 2.45) is 0 Å². The molecule has 118 valence electrons. The zero-order chi connectivity index (χ0) is 16.1. The van der Waals surface area contributed by atoms with Crippen LogP contribution >= 0.6 is 31.9 Å². The minimum atomic E-state index is -4.74. The Hall–Kier alpha value is -0.760. The Morgan fingerprint density at radius 3 is 2.10 bits per heavy atom. The van der Waals surface area contributed by atoms with Crippen molar-refractivity contribution in [1.29, 1.82) is 0 Å². The molecule has 0 radical (unpaired) electrons. The van der Waals surface area contributed by atoms with Crippen LogP contribution < -0.4 is 10.1 Å². The maximum atomic E-state index is 12.1. The standard InChI is InChI=1S/C13H14Br2F3NO2/c1-2-12(7-14,8-15)19-11(20)9-3-5-10(6-4-9)21-13(16,17)18/h3-6H,2,7-8H2,1H3,(H,19,20). The fourth-order valence-electron chi connectivity index (χ4n) is 1.50. The van der Waals surface area contributed by atoms with Crippen molar-refractivity contribution < 1.29 is 22.7 Å². The second-order valence-corrected chi connectivity index (χ2v) is 5.55. The Balaban J connectivity index is 2.80. The van der Waals surface area contributed by atoms with Gasteiger partial charge in [-0.2, -0.15) is 0 Å². The Morgan fingerprint density at radius 2 is 1.71 bits per heavy atom. The van der Waals surface area contributed by atoms with Crippen molar-refractivity contribution in [3.8, 4) is 5.75 Å². The third-order valence-corrected chi connectivity index (χ3v) is 5.06. The second-order valence-electron chi connectivity index (χ2n) is 4.43. The molecule has 3 nitrogen and oxygen atoms in total. The van der Waals surface area contributed by atoms with Crippen LogP contribution in [0.5, 0.6) is 5.75 Å². The molecule has 0 atom stereocenters. The lowest BCUT2D eigenvalue weighted by Gasteiger charge is -2.30. The first-order valence-electron chi connectivity index (χ1n) is 6.05. The van der Waals surface area contributed by atoms with Gasteiger partial charge in [0, 0.05) is 16.2 Å². The highest BCUT2D eigenvalue weighted by molar-refractivity contribution is 9.09. The molecule has 0 aliphatic heterocycles. The van der Waals surface area contributed by atoms with Crippen molar-refractivity contribution in [1.82, 2.24) is 5.32 Å². The fourth-order valence-corrected chi connectivity index (χ4v) is 3.50. The van der Waals surface area contributed by atoms with E-state index in [4.69, 9.17) is 0 Å². The number of ether oxygens (including phenoxy) is 1. The molecule has 0 aromatic heterocycles. The number of hydrogen-bond acceptors (Lipinski definition) is 2. The van der Waals surface area contributed by atoms with E-state index in [1.54, 1.807) is 0 Å². The SMILES string of the molecule is CCC(CBr)(CBr)NC(=O)c1ccc(OC(F)(F)F)cc1. The predicted octanol–water partition coefficient (Wildman–Crippen LogP) is 4.25. The number of benzene rings is 1. The number of rotatable bonds is 6. The summed E-state index contributed by atoms with van der Waals surface area (Å²) in [5.74, 6) is -0.712. The number of hydrogen-bond donors (Lipinski definition) is 1. The summed E-state index contributed by atoms with van der Waals surface area (Å²) in [7, 11) is 0. The molecular formula is C13H14Br2F3NO2. The van der Waals surface area contributed by atoms with Crippen LogP contribution in [0.1, 0.15) is 23.7 Å².